The van der Waals surface area contributed by atoms with Gasteiger partial charge in [-0.1, -0.05) is 48.5 Å². The zero-order valence-corrected chi connectivity index (χ0v) is 12.8. The quantitative estimate of drug-likeness (QED) is 0.784. The van der Waals surface area contributed by atoms with Crippen LogP contribution in [0.25, 0.3) is 0 Å². The second-order valence-electron chi connectivity index (χ2n) is 5.29. The summed E-state index contributed by atoms with van der Waals surface area (Å²) >= 11 is 0. The molecule has 100 valence electrons. The Morgan fingerprint density at radius 3 is 1.12 bits per heavy atom. The first kappa shape index (κ1) is 18.3. The van der Waals surface area contributed by atoms with Crippen LogP contribution in [0.3, 0.4) is 0 Å². The second-order valence-corrected chi connectivity index (χ2v) is 5.29. The summed E-state index contributed by atoms with van der Waals surface area (Å²) in [5.74, 6) is 1.13. The van der Waals surface area contributed by atoms with E-state index in [9.17, 15) is 0 Å². The highest BCUT2D eigenvalue weighted by Crippen LogP contribution is 2.21. The molecule has 0 aliphatic heterocycles. The molecule has 0 fully saturated rings. The molecule has 0 unspecified atom stereocenters. The average Bonchev–Trinajstić information content (AvgIpc) is 2.21. The van der Waals surface area contributed by atoms with E-state index in [4.69, 9.17) is 5.73 Å². The van der Waals surface area contributed by atoms with Gasteiger partial charge in [0.2, 0.25) is 0 Å². The lowest BCUT2D eigenvalue weighted by molar-refractivity contribution is 0.250. The number of nitrogens with two attached hydrogens (primary N) is 1. The molecule has 0 atom stereocenters. The van der Waals surface area contributed by atoms with Crippen LogP contribution >= 0.6 is 0 Å². The van der Waals surface area contributed by atoms with E-state index in [1.165, 1.54) is 19.6 Å². The van der Waals surface area contributed by atoms with Crippen LogP contribution in [0, 0.1) is 11.8 Å². The van der Waals surface area contributed by atoms with Gasteiger partial charge in [-0.05, 0) is 38.4 Å². The van der Waals surface area contributed by atoms with Gasteiger partial charge in [0.15, 0.2) is 0 Å². The molecular weight excluding hydrogens is 196 g/mol. The third-order valence-electron chi connectivity index (χ3n) is 3.83. The van der Waals surface area contributed by atoms with Crippen molar-refractivity contribution in [2.75, 3.05) is 19.6 Å². The molecule has 0 amide bonds. The summed E-state index contributed by atoms with van der Waals surface area (Å²) in [4.78, 5) is 2.38. The van der Waals surface area contributed by atoms with Crippen LogP contribution in [0.1, 0.15) is 55.4 Å². The third kappa shape index (κ3) is 7.24. The van der Waals surface area contributed by atoms with Crippen LogP contribution in [0.15, 0.2) is 0 Å². The molecule has 0 spiro atoms. The van der Waals surface area contributed by atoms with Crippen molar-refractivity contribution in [1.82, 2.24) is 4.90 Å². The fraction of sp³-hybridized carbons (Fsp3) is 1.00. The lowest BCUT2D eigenvalue weighted by atomic mass is 9.80. The summed E-state index contributed by atoms with van der Waals surface area (Å²) < 4.78 is 0. The highest BCUT2D eigenvalue weighted by molar-refractivity contribution is 4.84. The van der Waals surface area contributed by atoms with Crippen LogP contribution in [-0.4, -0.2) is 30.1 Å². The Balaban J connectivity index is 0. The first-order valence-corrected chi connectivity index (χ1v) is 6.75. The highest BCUT2D eigenvalue weighted by atomic mass is 15.1. The largest absolute Gasteiger partial charge is 0.325 e. The molecule has 0 aromatic carbocycles. The van der Waals surface area contributed by atoms with E-state index >= 15 is 0 Å². The third-order valence-corrected chi connectivity index (χ3v) is 3.83. The molecular formula is C14H34N2. The molecule has 0 aromatic heterocycles. The molecule has 16 heavy (non-hydrogen) atoms. The fourth-order valence-corrected chi connectivity index (χ4v) is 1.34. The highest BCUT2D eigenvalue weighted by Gasteiger charge is 2.26. The summed E-state index contributed by atoms with van der Waals surface area (Å²) in [6, 6.07) is 0. The van der Waals surface area contributed by atoms with Crippen LogP contribution in [0.5, 0.6) is 0 Å². The van der Waals surface area contributed by atoms with E-state index in [2.05, 4.69) is 60.3 Å². The molecule has 0 heterocycles. The van der Waals surface area contributed by atoms with Gasteiger partial charge in [-0.15, -0.1) is 0 Å². The average molecular weight is 230 g/mol. The lowest BCUT2D eigenvalue weighted by Gasteiger charge is -2.33. The standard InChI is InChI=1S/C8H19N.C6H15N/c1-6(2)8(5,9)7(3)4;1-4-7(5-2)6-3/h6-7H,9H2,1-5H3;4-6H2,1-3H3. The van der Waals surface area contributed by atoms with E-state index < -0.39 is 0 Å². The summed E-state index contributed by atoms with van der Waals surface area (Å²) in [5, 5.41) is 0. The molecule has 0 aromatic rings. The van der Waals surface area contributed by atoms with Gasteiger partial charge in [0, 0.05) is 5.54 Å². The summed E-state index contributed by atoms with van der Waals surface area (Å²) in [7, 11) is 0. The van der Waals surface area contributed by atoms with Crippen molar-refractivity contribution in [2.24, 2.45) is 17.6 Å². The van der Waals surface area contributed by atoms with Gasteiger partial charge in [-0.3, -0.25) is 0 Å². The van der Waals surface area contributed by atoms with Crippen molar-refractivity contribution < 1.29 is 0 Å². The van der Waals surface area contributed by atoms with E-state index in [1.54, 1.807) is 0 Å². The minimum atomic E-state index is 0.000000000000000222. The molecule has 0 aliphatic rings. The van der Waals surface area contributed by atoms with Gasteiger partial charge >= 0.3 is 0 Å². The van der Waals surface area contributed by atoms with Crippen molar-refractivity contribution in [1.29, 1.82) is 0 Å². The van der Waals surface area contributed by atoms with Crippen LogP contribution in [-0.2, 0) is 0 Å². The van der Waals surface area contributed by atoms with Crippen LogP contribution in [0.2, 0.25) is 0 Å². The van der Waals surface area contributed by atoms with Gasteiger partial charge in [0.1, 0.15) is 0 Å². The minimum absolute atomic E-state index is 0.000000000000000222. The van der Waals surface area contributed by atoms with E-state index in [0.717, 1.165) is 0 Å². The molecule has 0 aliphatic carbocycles. The maximum absolute atomic E-state index is 6.00. The molecule has 0 bridgehead atoms. The van der Waals surface area contributed by atoms with Gasteiger partial charge in [0.05, 0.1) is 0 Å². The predicted octanol–water partition coefficient (Wildman–Crippen LogP) is 3.36. The first-order valence-electron chi connectivity index (χ1n) is 6.75. The number of nitrogens with zero attached hydrogens (tertiary/aromatic N) is 1. The molecule has 0 saturated carbocycles. The molecule has 2 nitrogen and oxygen atoms in total. The van der Waals surface area contributed by atoms with E-state index in [1.807, 2.05) is 0 Å². The number of hydrogen-bond acceptors (Lipinski definition) is 2. The smallest absolute Gasteiger partial charge is 0.0172 e. The van der Waals surface area contributed by atoms with Crippen LogP contribution in [0.4, 0.5) is 0 Å². The maximum Gasteiger partial charge on any atom is 0.0172 e. The van der Waals surface area contributed by atoms with Gasteiger partial charge in [0.25, 0.3) is 0 Å². The lowest BCUT2D eigenvalue weighted by Crippen LogP contribution is -2.46. The van der Waals surface area contributed by atoms with Gasteiger partial charge < -0.3 is 10.6 Å². The van der Waals surface area contributed by atoms with Gasteiger partial charge in [-0.25, -0.2) is 0 Å². The molecule has 2 heteroatoms. The van der Waals surface area contributed by atoms with Crippen molar-refractivity contribution in [2.45, 2.75) is 60.9 Å². The SMILES string of the molecule is CC(C)C(C)(N)C(C)C.CCN(CC)CC. The van der Waals surface area contributed by atoms with Crippen molar-refractivity contribution in [3.05, 3.63) is 0 Å². The van der Waals surface area contributed by atoms with Crippen molar-refractivity contribution >= 4 is 0 Å². The fourth-order valence-electron chi connectivity index (χ4n) is 1.34. The first-order chi connectivity index (χ1) is 7.23. The zero-order chi connectivity index (χ0) is 13.4. The van der Waals surface area contributed by atoms with E-state index in [0.29, 0.717) is 11.8 Å². The van der Waals surface area contributed by atoms with Crippen molar-refractivity contribution in [3.63, 3.8) is 0 Å². The van der Waals surface area contributed by atoms with Crippen molar-refractivity contribution in [3.8, 4) is 0 Å². The van der Waals surface area contributed by atoms with E-state index in [-0.39, 0.29) is 5.54 Å². The van der Waals surface area contributed by atoms with Crippen LogP contribution < -0.4 is 5.73 Å². The number of hydrogen-bond donors (Lipinski definition) is 1. The Morgan fingerprint density at radius 1 is 0.875 bits per heavy atom. The second kappa shape index (κ2) is 9.00. The Kier molecular flexibility index (Phi) is 10.3. The Labute approximate surface area is 104 Å². The topological polar surface area (TPSA) is 29.3 Å². The van der Waals surface area contributed by atoms with Gasteiger partial charge in [-0.2, -0.15) is 0 Å². The molecule has 0 saturated heterocycles. The Morgan fingerprint density at radius 2 is 1.12 bits per heavy atom. The maximum atomic E-state index is 6.00. The monoisotopic (exact) mass is 230 g/mol. The zero-order valence-electron chi connectivity index (χ0n) is 12.8. The summed E-state index contributed by atoms with van der Waals surface area (Å²) in [6.45, 7) is 20.9. The number of rotatable bonds is 5. The molecule has 0 rings (SSSR count). The Hall–Kier alpha value is -0.0800. The minimum Gasteiger partial charge on any atom is -0.325 e. The predicted molar refractivity (Wildman–Crippen MR) is 75.7 cm³/mol. The normalized spacial score (nSPS) is 12.0. The molecule has 0 radical (unpaired) electrons. The Bertz CT molecular complexity index is 131. The summed E-state index contributed by atoms with van der Waals surface area (Å²) in [6.07, 6.45) is 0. The molecule has 2 N–H and O–H groups in total. The summed E-state index contributed by atoms with van der Waals surface area (Å²) in [5.41, 5.74) is 6.00.